The molecule has 130 valence electrons. The number of nitrogens with one attached hydrogen (secondary N) is 1. The van der Waals surface area contributed by atoms with Gasteiger partial charge in [-0.05, 0) is 31.5 Å². The Morgan fingerprint density at radius 1 is 1.29 bits per heavy atom. The van der Waals surface area contributed by atoms with Crippen LogP contribution in [0.1, 0.15) is 25.5 Å². The molecule has 0 radical (unpaired) electrons. The summed E-state index contributed by atoms with van der Waals surface area (Å²) >= 11 is 3.39. The van der Waals surface area contributed by atoms with Gasteiger partial charge < -0.3 is 14.8 Å². The number of esters is 1. The average Bonchev–Trinajstić information content (AvgIpc) is 2.55. The van der Waals surface area contributed by atoms with Crippen molar-refractivity contribution in [2.75, 3.05) is 26.9 Å². The molecule has 2 amide bonds. The van der Waals surface area contributed by atoms with Crippen LogP contribution in [0.3, 0.4) is 0 Å². The number of amides is 2. The third kappa shape index (κ3) is 3.96. The van der Waals surface area contributed by atoms with E-state index >= 15 is 0 Å². The minimum atomic E-state index is -0.538. The minimum absolute atomic E-state index is 0.166. The second kappa shape index (κ2) is 8.30. The van der Waals surface area contributed by atoms with Gasteiger partial charge in [-0.1, -0.05) is 28.1 Å². The van der Waals surface area contributed by atoms with Crippen LogP contribution in [0.2, 0.25) is 0 Å². The summed E-state index contributed by atoms with van der Waals surface area (Å²) in [5.74, 6) is -0.448. The molecule has 6 nitrogen and oxygen atoms in total. The lowest BCUT2D eigenvalue weighted by atomic mass is 9.95. The Bertz CT molecular complexity index is 642. The molecule has 1 heterocycles. The van der Waals surface area contributed by atoms with Crippen LogP contribution in [0, 0.1) is 0 Å². The molecule has 24 heavy (non-hydrogen) atoms. The molecule has 0 bridgehead atoms. The van der Waals surface area contributed by atoms with Gasteiger partial charge in [0.1, 0.15) is 6.61 Å². The zero-order chi connectivity index (χ0) is 17.7. The molecule has 1 aromatic rings. The zero-order valence-electron chi connectivity index (χ0n) is 14.0. The number of carbonyl (C=O) groups excluding carboxylic acids is 2. The maximum Gasteiger partial charge on any atom is 0.338 e. The van der Waals surface area contributed by atoms with Crippen LogP contribution in [-0.2, 0) is 14.3 Å². The molecule has 0 aliphatic carbocycles. The van der Waals surface area contributed by atoms with Crippen LogP contribution in [0.4, 0.5) is 4.79 Å². The quantitative estimate of drug-likeness (QED) is 0.592. The summed E-state index contributed by atoms with van der Waals surface area (Å²) in [5, 5.41) is 2.89. The first-order valence-corrected chi connectivity index (χ1v) is 8.49. The van der Waals surface area contributed by atoms with Gasteiger partial charge in [0.2, 0.25) is 0 Å². The van der Waals surface area contributed by atoms with Crippen molar-refractivity contribution in [3.05, 3.63) is 45.6 Å². The summed E-state index contributed by atoms with van der Waals surface area (Å²) in [5.41, 5.74) is 1.87. The topological polar surface area (TPSA) is 67.9 Å². The first-order chi connectivity index (χ1) is 11.5. The third-order valence-corrected chi connectivity index (χ3v) is 4.39. The SMILES string of the molecule is CCN1C(=O)N[C@H](c2ccc(Br)cc2)C(C(=O)OCCOC)=C1C. The predicted molar refractivity (Wildman–Crippen MR) is 93.3 cm³/mol. The zero-order valence-corrected chi connectivity index (χ0v) is 15.6. The van der Waals surface area contributed by atoms with Gasteiger partial charge in [-0.25, -0.2) is 9.59 Å². The van der Waals surface area contributed by atoms with E-state index in [1.165, 1.54) is 4.90 Å². The van der Waals surface area contributed by atoms with Crippen molar-refractivity contribution in [1.82, 2.24) is 10.2 Å². The van der Waals surface area contributed by atoms with E-state index in [-0.39, 0.29) is 12.6 Å². The number of methoxy groups -OCH3 is 1. The molecule has 0 unspecified atom stereocenters. The highest BCUT2D eigenvalue weighted by atomic mass is 79.9. The summed E-state index contributed by atoms with van der Waals surface area (Å²) < 4.78 is 11.1. The van der Waals surface area contributed by atoms with Gasteiger partial charge in [0.25, 0.3) is 0 Å². The molecule has 0 spiro atoms. The van der Waals surface area contributed by atoms with Crippen LogP contribution < -0.4 is 5.32 Å². The Balaban J connectivity index is 2.39. The van der Waals surface area contributed by atoms with Crippen LogP contribution in [-0.4, -0.2) is 43.8 Å². The van der Waals surface area contributed by atoms with Crippen molar-refractivity contribution < 1.29 is 19.1 Å². The Labute approximate surface area is 149 Å². The van der Waals surface area contributed by atoms with Crippen LogP contribution in [0.5, 0.6) is 0 Å². The van der Waals surface area contributed by atoms with Gasteiger partial charge in [-0.15, -0.1) is 0 Å². The van der Waals surface area contributed by atoms with Crippen LogP contribution in [0.25, 0.3) is 0 Å². The van der Waals surface area contributed by atoms with Gasteiger partial charge in [-0.2, -0.15) is 0 Å². The molecule has 0 saturated heterocycles. The highest BCUT2D eigenvalue weighted by Crippen LogP contribution is 2.31. The first-order valence-electron chi connectivity index (χ1n) is 7.69. The van der Waals surface area contributed by atoms with Crippen molar-refractivity contribution in [2.45, 2.75) is 19.9 Å². The number of halogens is 1. The fourth-order valence-corrected chi connectivity index (χ4v) is 2.89. The lowest BCUT2D eigenvalue weighted by Gasteiger charge is -2.34. The van der Waals surface area contributed by atoms with Gasteiger partial charge in [0.05, 0.1) is 18.2 Å². The highest BCUT2D eigenvalue weighted by Gasteiger charge is 2.35. The number of benzene rings is 1. The molecule has 1 aliphatic heterocycles. The van der Waals surface area contributed by atoms with Crippen molar-refractivity contribution >= 4 is 27.9 Å². The van der Waals surface area contributed by atoms with E-state index in [2.05, 4.69) is 21.2 Å². The number of hydrogen-bond acceptors (Lipinski definition) is 4. The average molecular weight is 397 g/mol. The Morgan fingerprint density at radius 2 is 1.96 bits per heavy atom. The van der Waals surface area contributed by atoms with Crippen molar-refractivity contribution in [2.24, 2.45) is 0 Å². The minimum Gasteiger partial charge on any atom is -0.460 e. The fraction of sp³-hybridized carbons (Fsp3) is 0.412. The molecular formula is C17H21BrN2O4. The second-order valence-corrected chi connectivity index (χ2v) is 6.22. The van der Waals surface area contributed by atoms with E-state index in [9.17, 15) is 9.59 Å². The monoisotopic (exact) mass is 396 g/mol. The van der Waals surface area contributed by atoms with Gasteiger partial charge in [0.15, 0.2) is 0 Å². The standard InChI is InChI=1S/C17H21BrN2O4/c1-4-20-11(2)14(16(21)24-10-9-23-3)15(19-17(20)22)12-5-7-13(18)8-6-12/h5-8,15H,4,9-10H2,1-3H3,(H,19,22)/t15-/m1/s1. The number of rotatable bonds is 6. The second-order valence-electron chi connectivity index (χ2n) is 5.31. The molecule has 0 fully saturated rings. The molecule has 0 saturated carbocycles. The largest absolute Gasteiger partial charge is 0.460 e. The third-order valence-electron chi connectivity index (χ3n) is 3.86. The molecule has 0 aromatic heterocycles. The number of hydrogen-bond donors (Lipinski definition) is 1. The molecule has 1 atom stereocenters. The summed E-state index contributed by atoms with van der Waals surface area (Å²) in [6.07, 6.45) is 0. The van der Waals surface area contributed by atoms with Crippen molar-refractivity contribution in [3.63, 3.8) is 0 Å². The van der Waals surface area contributed by atoms with E-state index in [0.29, 0.717) is 24.4 Å². The number of ether oxygens (including phenoxy) is 2. The van der Waals surface area contributed by atoms with Gasteiger partial charge in [-0.3, -0.25) is 4.90 Å². The summed E-state index contributed by atoms with van der Waals surface area (Å²) in [4.78, 5) is 26.4. The number of carbonyl (C=O) groups is 2. The van der Waals surface area contributed by atoms with Crippen molar-refractivity contribution in [3.8, 4) is 0 Å². The van der Waals surface area contributed by atoms with Crippen LogP contribution >= 0.6 is 15.9 Å². The molecular weight excluding hydrogens is 376 g/mol. The van der Waals surface area contributed by atoms with E-state index in [1.54, 1.807) is 14.0 Å². The normalized spacial score (nSPS) is 17.8. The Kier molecular flexibility index (Phi) is 6.39. The van der Waals surface area contributed by atoms with Crippen LogP contribution in [0.15, 0.2) is 40.0 Å². The predicted octanol–water partition coefficient (Wildman–Crippen LogP) is 3.00. The molecule has 7 heteroatoms. The van der Waals surface area contributed by atoms with E-state index < -0.39 is 12.0 Å². The molecule has 1 aromatic carbocycles. The van der Waals surface area contributed by atoms with E-state index in [0.717, 1.165) is 10.0 Å². The van der Waals surface area contributed by atoms with Crippen molar-refractivity contribution in [1.29, 1.82) is 0 Å². The fourth-order valence-electron chi connectivity index (χ4n) is 2.63. The number of nitrogens with zero attached hydrogens (tertiary/aromatic N) is 1. The van der Waals surface area contributed by atoms with Gasteiger partial charge >= 0.3 is 12.0 Å². The maximum atomic E-state index is 12.6. The molecule has 1 N–H and O–H groups in total. The first kappa shape index (κ1) is 18.5. The molecule has 1 aliphatic rings. The Hall–Kier alpha value is -1.86. The summed E-state index contributed by atoms with van der Waals surface area (Å²) in [6.45, 7) is 4.58. The smallest absolute Gasteiger partial charge is 0.338 e. The maximum absolute atomic E-state index is 12.6. The summed E-state index contributed by atoms with van der Waals surface area (Å²) in [7, 11) is 1.54. The number of urea groups is 1. The van der Waals surface area contributed by atoms with E-state index in [1.807, 2.05) is 31.2 Å². The lowest BCUT2D eigenvalue weighted by Crippen LogP contribution is -2.47. The highest BCUT2D eigenvalue weighted by molar-refractivity contribution is 9.10. The molecule has 2 rings (SSSR count). The van der Waals surface area contributed by atoms with E-state index in [4.69, 9.17) is 9.47 Å². The number of allylic oxidation sites excluding steroid dienone is 1. The Morgan fingerprint density at radius 3 is 2.54 bits per heavy atom. The van der Waals surface area contributed by atoms with Gasteiger partial charge in [0, 0.05) is 23.8 Å². The summed E-state index contributed by atoms with van der Waals surface area (Å²) in [6, 6.07) is 6.71. The lowest BCUT2D eigenvalue weighted by molar-refractivity contribution is -0.140.